The van der Waals surface area contributed by atoms with Gasteiger partial charge in [-0.2, -0.15) is 0 Å². The fraction of sp³-hybridized carbons (Fsp3) is 0.318. The van der Waals surface area contributed by atoms with E-state index in [1.54, 1.807) is 36.9 Å². The highest BCUT2D eigenvalue weighted by molar-refractivity contribution is 7.98. The highest BCUT2D eigenvalue weighted by Crippen LogP contribution is 2.33. The van der Waals surface area contributed by atoms with Gasteiger partial charge in [-0.25, -0.2) is 9.18 Å². The molecular weight excluding hydrogens is 459 g/mol. The molecule has 1 unspecified atom stereocenters. The molecule has 2 aromatic carbocycles. The monoisotopic (exact) mass is 480 g/mol. The van der Waals surface area contributed by atoms with E-state index in [1.165, 1.54) is 17.4 Å². The zero-order valence-electron chi connectivity index (χ0n) is 17.3. The second kappa shape index (κ2) is 9.97. The van der Waals surface area contributed by atoms with Crippen LogP contribution < -0.4 is 4.74 Å². The fourth-order valence-electron chi connectivity index (χ4n) is 2.95. The predicted octanol–water partition coefficient (Wildman–Crippen LogP) is 6.62. The molecule has 0 spiro atoms. The van der Waals surface area contributed by atoms with Crippen molar-refractivity contribution in [2.45, 2.75) is 49.9 Å². The number of aryl methyl sites for hydroxylation is 1. The Labute approximate surface area is 193 Å². The highest BCUT2D eigenvalue weighted by atomic mass is 35.5. The molecule has 31 heavy (non-hydrogen) atoms. The molecule has 0 amide bonds. The van der Waals surface area contributed by atoms with Gasteiger partial charge in [0.25, 0.3) is 0 Å². The van der Waals surface area contributed by atoms with Crippen LogP contribution in [0.3, 0.4) is 0 Å². The minimum atomic E-state index is -1.25. The summed E-state index contributed by atoms with van der Waals surface area (Å²) in [4.78, 5) is 12.6. The number of aliphatic carboxylic acids is 1. The van der Waals surface area contributed by atoms with E-state index >= 15 is 0 Å². The van der Waals surface area contributed by atoms with Crippen molar-refractivity contribution in [1.82, 2.24) is 10.2 Å². The van der Waals surface area contributed by atoms with Crippen LogP contribution in [0.15, 0.2) is 41.3 Å². The molecule has 9 heteroatoms. The number of halogens is 2. The number of thioether (sulfide) groups is 1. The maximum Gasteiger partial charge on any atom is 0.347 e. The molecule has 0 saturated carbocycles. The zero-order valence-corrected chi connectivity index (χ0v) is 19.7. The smallest absolute Gasteiger partial charge is 0.347 e. The van der Waals surface area contributed by atoms with Gasteiger partial charge < -0.3 is 9.84 Å². The lowest BCUT2D eigenvalue weighted by atomic mass is 10.0. The van der Waals surface area contributed by atoms with Crippen molar-refractivity contribution < 1.29 is 19.0 Å². The van der Waals surface area contributed by atoms with Gasteiger partial charge in [0, 0.05) is 10.5 Å². The molecule has 5 nitrogen and oxygen atoms in total. The first kappa shape index (κ1) is 23.5. The molecule has 1 N–H and O–H groups in total. The van der Waals surface area contributed by atoms with E-state index in [-0.39, 0.29) is 5.02 Å². The standard InChI is InChI=1S/C22H22ClFN2O3S2/c1-4-9-22(3,21(27)28)29-18-8-6-15(10-13(18)2)30-12-19-25-26-20(31-19)14-5-7-17(24)16(23)11-14/h5-8,10-11H,4,9,12H2,1-3H3,(H,27,28). The molecule has 0 saturated heterocycles. The molecule has 1 heterocycles. The Morgan fingerprint density at radius 1 is 1.29 bits per heavy atom. The Kier molecular flexibility index (Phi) is 7.56. The molecule has 0 aliphatic heterocycles. The van der Waals surface area contributed by atoms with Gasteiger partial charge in [-0.1, -0.05) is 36.3 Å². The van der Waals surface area contributed by atoms with Crippen molar-refractivity contribution in [3.63, 3.8) is 0 Å². The van der Waals surface area contributed by atoms with Crippen LogP contribution in [0, 0.1) is 12.7 Å². The topological polar surface area (TPSA) is 72.3 Å². The second-order valence-corrected chi connectivity index (χ2v) is 9.75. The minimum Gasteiger partial charge on any atom is -0.478 e. The number of nitrogens with zero attached hydrogens (tertiary/aromatic N) is 2. The van der Waals surface area contributed by atoms with Gasteiger partial charge in [0.05, 0.1) is 10.8 Å². The Morgan fingerprint density at radius 2 is 2.06 bits per heavy atom. The maximum atomic E-state index is 13.4. The molecule has 0 aliphatic rings. The van der Waals surface area contributed by atoms with Crippen molar-refractivity contribution in [3.05, 3.63) is 57.8 Å². The molecule has 0 bridgehead atoms. The first-order chi connectivity index (χ1) is 14.7. The molecule has 3 rings (SSSR count). The quantitative estimate of drug-likeness (QED) is 0.347. The first-order valence-electron chi connectivity index (χ1n) is 9.65. The van der Waals surface area contributed by atoms with Crippen LogP contribution in [0.1, 0.15) is 37.3 Å². The van der Waals surface area contributed by atoms with E-state index in [0.29, 0.717) is 29.4 Å². The van der Waals surface area contributed by atoms with Crippen LogP contribution in [0.4, 0.5) is 4.39 Å². The maximum absolute atomic E-state index is 13.4. The van der Waals surface area contributed by atoms with E-state index in [9.17, 15) is 14.3 Å². The number of aromatic nitrogens is 2. The van der Waals surface area contributed by atoms with E-state index < -0.39 is 17.4 Å². The summed E-state index contributed by atoms with van der Waals surface area (Å²) in [5.41, 5.74) is 0.346. The van der Waals surface area contributed by atoms with E-state index in [2.05, 4.69) is 10.2 Å². The lowest BCUT2D eigenvalue weighted by Crippen LogP contribution is -2.41. The Morgan fingerprint density at radius 3 is 2.71 bits per heavy atom. The van der Waals surface area contributed by atoms with Gasteiger partial charge in [0.15, 0.2) is 0 Å². The summed E-state index contributed by atoms with van der Waals surface area (Å²) in [6.45, 7) is 5.43. The highest BCUT2D eigenvalue weighted by Gasteiger charge is 2.35. The minimum absolute atomic E-state index is 0.0549. The van der Waals surface area contributed by atoms with Gasteiger partial charge in [-0.3, -0.25) is 0 Å². The van der Waals surface area contributed by atoms with Crippen LogP contribution in [-0.2, 0) is 10.5 Å². The summed E-state index contributed by atoms with van der Waals surface area (Å²) in [6, 6.07) is 10.2. The van der Waals surface area contributed by atoms with Crippen molar-refractivity contribution in [2.75, 3.05) is 0 Å². The number of rotatable bonds is 9. The summed E-state index contributed by atoms with van der Waals surface area (Å²) < 4.78 is 19.2. The third-order valence-electron chi connectivity index (χ3n) is 4.66. The van der Waals surface area contributed by atoms with Gasteiger partial charge in [0.2, 0.25) is 5.60 Å². The lowest BCUT2D eigenvalue weighted by molar-refractivity contribution is -0.154. The Hall–Kier alpha value is -2.16. The number of hydrogen-bond acceptors (Lipinski definition) is 6. The number of benzene rings is 2. The van der Waals surface area contributed by atoms with Crippen molar-refractivity contribution >= 4 is 40.7 Å². The fourth-order valence-corrected chi connectivity index (χ4v) is 4.95. The van der Waals surface area contributed by atoms with Gasteiger partial charge in [0.1, 0.15) is 21.6 Å². The summed E-state index contributed by atoms with van der Waals surface area (Å²) in [5.74, 6) is -0.253. The number of carbonyl (C=O) groups is 1. The van der Waals surface area contributed by atoms with Gasteiger partial charge >= 0.3 is 5.97 Å². The lowest BCUT2D eigenvalue weighted by Gasteiger charge is -2.27. The van der Waals surface area contributed by atoms with Crippen LogP contribution in [0.5, 0.6) is 5.75 Å². The van der Waals surface area contributed by atoms with Crippen molar-refractivity contribution in [3.8, 4) is 16.3 Å². The largest absolute Gasteiger partial charge is 0.478 e. The summed E-state index contributed by atoms with van der Waals surface area (Å²) in [5, 5.41) is 19.5. The van der Waals surface area contributed by atoms with Gasteiger partial charge in [-0.05, 0) is 62.2 Å². The number of carboxylic acid groups (broad SMARTS) is 1. The Balaban J connectivity index is 1.66. The van der Waals surface area contributed by atoms with Crippen LogP contribution in [-0.4, -0.2) is 26.9 Å². The molecule has 1 aromatic heterocycles. The normalized spacial score (nSPS) is 13.1. The van der Waals surface area contributed by atoms with Crippen LogP contribution in [0.25, 0.3) is 10.6 Å². The summed E-state index contributed by atoms with van der Waals surface area (Å²) >= 11 is 8.87. The molecule has 0 aliphatic carbocycles. The third kappa shape index (κ3) is 5.75. The van der Waals surface area contributed by atoms with E-state index in [0.717, 1.165) is 21.0 Å². The van der Waals surface area contributed by atoms with Crippen LogP contribution in [0.2, 0.25) is 5.02 Å². The molecular formula is C22H22ClFN2O3S2. The SMILES string of the molecule is CCCC(C)(Oc1ccc(SCc2nnc(-c3ccc(F)c(Cl)c3)s2)cc1C)C(=O)O. The third-order valence-corrected chi connectivity index (χ3v) is 7.11. The van der Waals surface area contributed by atoms with Crippen LogP contribution >= 0.6 is 34.7 Å². The number of hydrogen-bond donors (Lipinski definition) is 1. The van der Waals surface area contributed by atoms with E-state index in [1.807, 2.05) is 26.0 Å². The number of carboxylic acids is 1. The summed E-state index contributed by atoms with van der Waals surface area (Å²) in [6.07, 6.45) is 1.14. The number of ether oxygens (including phenoxy) is 1. The molecule has 0 radical (unpaired) electrons. The summed E-state index contributed by atoms with van der Waals surface area (Å²) in [7, 11) is 0. The zero-order chi connectivity index (χ0) is 22.6. The Bertz CT molecular complexity index is 1090. The van der Waals surface area contributed by atoms with Crippen molar-refractivity contribution in [1.29, 1.82) is 0 Å². The predicted molar refractivity (Wildman–Crippen MR) is 123 cm³/mol. The molecule has 1 atom stereocenters. The first-order valence-corrected chi connectivity index (χ1v) is 11.8. The van der Waals surface area contributed by atoms with Gasteiger partial charge in [-0.15, -0.1) is 22.0 Å². The average Bonchev–Trinajstić information content (AvgIpc) is 3.19. The van der Waals surface area contributed by atoms with Crippen molar-refractivity contribution in [2.24, 2.45) is 0 Å². The second-order valence-electron chi connectivity index (χ2n) is 7.23. The molecule has 164 valence electrons. The average molecular weight is 481 g/mol. The van der Waals surface area contributed by atoms with E-state index in [4.69, 9.17) is 16.3 Å². The molecule has 3 aromatic rings. The molecule has 0 fully saturated rings.